The van der Waals surface area contributed by atoms with Crippen molar-refractivity contribution in [2.45, 2.75) is 20.0 Å². The Labute approximate surface area is 202 Å². The SMILES string of the molecule is CC(C)Oc1ccccc1/C=C1\SC(=O)N(CC(=O)Nc2ccccc2N2CCOCC2)C1=O. The van der Waals surface area contributed by atoms with Crippen LogP contribution in [0.15, 0.2) is 53.4 Å². The molecule has 34 heavy (non-hydrogen) atoms. The third-order valence-electron chi connectivity index (χ3n) is 5.27. The van der Waals surface area contributed by atoms with Gasteiger partial charge < -0.3 is 19.7 Å². The van der Waals surface area contributed by atoms with E-state index in [4.69, 9.17) is 9.47 Å². The van der Waals surface area contributed by atoms with Gasteiger partial charge in [-0.2, -0.15) is 0 Å². The summed E-state index contributed by atoms with van der Waals surface area (Å²) < 4.78 is 11.2. The number of nitrogens with zero attached hydrogens (tertiary/aromatic N) is 2. The van der Waals surface area contributed by atoms with E-state index >= 15 is 0 Å². The smallest absolute Gasteiger partial charge is 0.294 e. The average molecular weight is 482 g/mol. The van der Waals surface area contributed by atoms with E-state index in [0.717, 1.165) is 35.4 Å². The van der Waals surface area contributed by atoms with Crippen LogP contribution in [0, 0.1) is 0 Å². The Morgan fingerprint density at radius 1 is 1.12 bits per heavy atom. The molecule has 0 bridgehead atoms. The summed E-state index contributed by atoms with van der Waals surface area (Å²) in [5.41, 5.74) is 2.22. The van der Waals surface area contributed by atoms with Gasteiger partial charge >= 0.3 is 0 Å². The third-order valence-corrected chi connectivity index (χ3v) is 6.18. The highest BCUT2D eigenvalue weighted by Gasteiger charge is 2.36. The number of imide groups is 1. The zero-order valence-electron chi connectivity index (χ0n) is 19.2. The predicted molar refractivity (Wildman–Crippen MR) is 133 cm³/mol. The van der Waals surface area contributed by atoms with Crippen molar-refractivity contribution >= 4 is 46.3 Å². The summed E-state index contributed by atoms with van der Waals surface area (Å²) in [5, 5.41) is 2.38. The molecule has 1 N–H and O–H groups in total. The number of benzene rings is 2. The van der Waals surface area contributed by atoms with Crippen LogP contribution < -0.4 is 15.0 Å². The Kier molecular flexibility index (Phi) is 7.54. The van der Waals surface area contributed by atoms with Crippen LogP contribution in [0.3, 0.4) is 0 Å². The Bertz CT molecular complexity index is 1110. The minimum absolute atomic E-state index is 0.0337. The Morgan fingerprint density at radius 2 is 1.82 bits per heavy atom. The van der Waals surface area contributed by atoms with E-state index in [1.165, 1.54) is 0 Å². The summed E-state index contributed by atoms with van der Waals surface area (Å²) in [6.45, 7) is 6.17. The number of anilines is 2. The number of rotatable bonds is 7. The zero-order valence-corrected chi connectivity index (χ0v) is 20.0. The quantitative estimate of drug-likeness (QED) is 0.599. The van der Waals surface area contributed by atoms with Crippen molar-refractivity contribution in [2.75, 3.05) is 43.1 Å². The molecule has 4 rings (SSSR count). The molecule has 0 aromatic heterocycles. The fourth-order valence-corrected chi connectivity index (χ4v) is 4.56. The zero-order chi connectivity index (χ0) is 24.1. The first-order valence-corrected chi connectivity index (χ1v) is 12.0. The van der Waals surface area contributed by atoms with Gasteiger partial charge in [-0.3, -0.25) is 19.3 Å². The van der Waals surface area contributed by atoms with Gasteiger partial charge in [0.25, 0.3) is 11.1 Å². The molecule has 9 heteroatoms. The van der Waals surface area contributed by atoms with Gasteiger partial charge in [0.15, 0.2) is 0 Å². The number of carbonyl (C=O) groups is 3. The van der Waals surface area contributed by atoms with E-state index in [0.29, 0.717) is 30.2 Å². The lowest BCUT2D eigenvalue weighted by molar-refractivity contribution is -0.127. The lowest BCUT2D eigenvalue weighted by atomic mass is 10.2. The number of hydrogen-bond acceptors (Lipinski definition) is 7. The average Bonchev–Trinajstić information content (AvgIpc) is 3.08. The van der Waals surface area contributed by atoms with Crippen LogP contribution >= 0.6 is 11.8 Å². The van der Waals surface area contributed by atoms with Crippen molar-refractivity contribution in [3.63, 3.8) is 0 Å². The molecule has 0 saturated carbocycles. The molecule has 0 aliphatic carbocycles. The van der Waals surface area contributed by atoms with Crippen LogP contribution in [-0.4, -0.2) is 60.9 Å². The molecule has 2 aromatic rings. The first-order valence-electron chi connectivity index (χ1n) is 11.1. The van der Waals surface area contributed by atoms with Crippen molar-refractivity contribution < 1.29 is 23.9 Å². The van der Waals surface area contributed by atoms with E-state index in [9.17, 15) is 14.4 Å². The Balaban J connectivity index is 1.46. The number of ether oxygens (including phenoxy) is 2. The third kappa shape index (κ3) is 5.60. The first-order chi connectivity index (χ1) is 16.4. The molecule has 178 valence electrons. The maximum absolute atomic E-state index is 12.9. The molecule has 2 aliphatic heterocycles. The maximum atomic E-state index is 12.9. The van der Waals surface area contributed by atoms with Crippen molar-refractivity contribution in [2.24, 2.45) is 0 Å². The van der Waals surface area contributed by atoms with Gasteiger partial charge in [0.2, 0.25) is 5.91 Å². The van der Waals surface area contributed by atoms with Crippen molar-refractivity contribution in [1.29, 1.82) is 0 Å². The second kappa shape index (κ2) is 10.8. The fraction of sp³-hybridized carbons (Fsp3) is 0.320. The number of thioether (sulfide) groups is 1. The second-order valence-corrected chi connectivity index (χ2v) is 9.13. The van der Waals surface area contributed by atoms with Crippen molar-refractivity contribution in [1.82, 2.24) is 4.90 Å². The summed E-state index contributed by atoms with van der Waals surface area (Å²) in [6, 6.07) is 14.8. The van der Waals surface area contributed by atoms with E-state index in [-0.39, 0.29) is 17.6 Å². The number of nitrogens with one attached hydrogen (secondary N) is 1. The number of hydrogen-bond donors (Lipinski definition) is 1. The van der Waals surface area contributed by atoms with Gasteiger partial charge in [-0.1, -0.05) is 30.3 Å². The molecule has 0 unspecified atom stereocenters. The van der Waals surface area contributed by atoms with Gasteiger partial charge in [-0.25, -0.2) is 0 Å². The van der Waals surface area contributed by atoms with Crippen LogP contribution in [-0.2, 0) is 14.3 Å². The van der Waals surface area contributed by atoms with Crippen molar-refractivity contribution in [3.05, 3.63) is 59.0 Å². The van der Waals surface area contributed by atoms with E-state index in [2.05, 4.69) is 10.2 Å². The number of morpholine rings is 1. The van der Waals surface area contributed by atoms with Crippen molar-refractivity contribution in [3.8, 4) is 5.75 Å². The van der Waals surface area contributed by atoms with Crippen LogP contribution in [0.2, 0.25) is 0 Å². The highest BCUT2D eigenvalue weighted by atomic mass is 32.2. The molecule has 2 aliphatic rings. The Hall–Kier alpha value is -3.30. The molecular formula is C25H27N3O5S. The summed E-state index contributed by atoms with van der Waals surface area (Å²) in [7, 11) is 0. The molecule has 8 nitrogen and oxygen atoms in total. The monoisotopic (exact) mass is 481 g/mol. The van der Waals surface area contributed by atoms with E-state index < -0.39 is 17.1 Å². The van der Waals surface area contributed by atoms with Gasteiger partial charge in [-0.15, -0.1) is 0 Å². The van der Waals surface area contributed by atoms with Crippen LogP contribution in [0.4, 0.5) is 16.2 Å². The minimum atomic E-state index is -0.494. The molecule has 2 fully saturated rings. The van der Waals surface area contributed by atoms with Gasteiger partial charge in [0, 0.05) is 18.7 Å². The summed E-state index contributed by atoms with van der Waals surface area (Å²) in [5.74, 6) is -0.305. The lowest BCUT2D eigenvalue weighted by Gasteiger charge is -2.30. The van der Waals surface area contributed by atoms with Crippen LogP contribution in [0.25, 0.3) is 6.08 Å². The molecule has 2 heterocycles. The minimum Gasteiger partial charge on any atom is -0.490 e. The van der Waals surface area contributed by atoms with E-state index in [1.807, 2.05) is 62.4 Å². The first kappa shape index (κ1) is 23.8. The number of amides is 3. The highest BCUT2D eigenvalue weighted by molar-refractivity contribution is 8.18. The molecule has 3 amide bonds. The van der Waals surface area contributed by atoms with Gasteiger partial charge in [0.05, 0.1) is 35.6 Å². The molecule has 2 saturated heterocycles. The molecule has 0 spiro atoms. The number of para-hydroxylation sites is 3. The fourth-order valence-electron chi connectivity index (χ4n) is 3.73. The lowest BCUT2D eigenvalue weighted by Crippen LogP contribution is -2.38. The summed E-state index contributed by atoms with van der Waals surface area (Å²) >= 11 is 0.819. The highest BCUT2D eigenvalue weighted by Crippen LogP contribution is 2.34. The largest absolute Gasteiger partial charge is 0.490 e. The Morgan fingerprint density at radius 3 is 2.59 bits per heavy atom. The second-order valence-electron chi connectivity index (χ2n) is 8.14. The van der Waals surface area contributed by atoms with Gasteiger partial charge in [-0.05, 0) is 49.9 Å². The predicted octanol–water partition coefficient (Wildman–Crippen LogP) is 3.99. The van der Waals surface area contributed by atoms with Crippen LogP contribution in [0.1, 0.15) is 19.4 Å². The maximum Gasteiger partial charge on any atom is 0.294 e. The normalized spacial score (nSPS) is 17.6. The van der Waals surface area contributed by atoms with E-state index in [1.54, 1.807) is 6.08 Å². The molecule has 0 atom stereocenters. The number of carbonyl (C=O) groups excluding carboxylic acids is 3. The van der Waals surface area contributed by atoms with Gasteiger partial charge in [0.1, 0.15) is 12.3 Å². The standard InChI is InChI=1S/C25H27N3O5S/c1-17(2)33-21-10-6-3-7-18(21)15-22-24(30)28(25(31)34-22)16-23(29)26-19-8-4-5-9-20(19)27-11-13-32-14-12-27/h3-10,15,17H,11-14,16H2,1-2H3,(H,26,29)/b22-15-. The topological polar surface area (TPSA) is 88.2 Å². The summed E-state index contributed by atoms with van der Waals surface area (Å²) in [4.78, 5) is 41.6. The summed E-state index contributed by atoms with van der Waals surface area (Å²) in [6.07, 6.45) is 1.60. The molecule has 2 aromatic carbocycles. The van der Waals surface area contributed by atoms with Crippen LogP contribution in [0.5, 0.6) is 5.75 Å². The molecule has 0 radical (unpaired) electrons. The molecular weight excluding hydrogens is 454 g/mol.